The van der Waals surface area contributed by atoms with Gasteiger partial charge in [0, 0.05) is 0 Å². The molecule has 1 atom stereocenters. The van der Waals surface area contributed by atoms with Crippen molar-refractivity contribution in [3.8, 4) is 6.07 Å². The van der Waals surface area contributed by atoms with Gasteiger partial charge >= 0.3 is 6.18 Å². The summed E-state index contributed by atoms with van der Waals surface area (Å²) in [5.74, 6) is -0.399. The first-order valence-corrected chi connectivity index (χ1v) is 5.18. The maximum absolute atomic E-state index is 12.3. The highest BCUT2D eigenvalue weighted by Gasteiger charge is 2.29. The van der Waals surface area contributed by atoms with Gasteiger partial charge in [-0.3, -0.25) is 4.79 Å². The van der Waals surface area contributed by atoms with Gasteiger partial charge in [-0.25, -0.2) is 0 Å². The lowest BCUT2D eigenvalue weighted by Crippen LogP contribution is -2.32. The quantitative estimate of drug-likeness (QED) is 0.902. The van der Waals surface area contributed by atoms with Crippen LogP contribution < -0.4 is 5.32 Å². The number of benzene rings is 1. The molecule has 0 aliphatic carbocycles. The van der Waals surface area contributed by atoms with Crippen molar-refractivity contribution in [3.63, 3.8) is 0 Å². The summed E-state index contributed by atoms with van der Waals surface area (Å²) in [5, 5.41) is 10.9. The van der Waals surface area contributed by atoms with Gasteiger partial charge in [-0.05, 0) is 24.6 Å². The molecule has 0 aromatic heterocycles. The molecule has 0 spiro atoms. The van der Waals surface area contributed by atoms with E-state index in [0.29, 0.717) is 5.56 Å². The SMILES string of the molecule is CC(C#N)NC(=O)Cc1ccc(C(F)(F)F)cc1. The summed E-state index contributed by atoms with van der Waals surface area (Å²) in [6.07, 6.45) is -4.43. The summed E-state index contributed by atoms with van der Waals surface area (Å²) in [6, 6.07) is 5.56. The zero-order valence-corrected chi connectivity index (χ0v) is 9.58. The number of nitrogens with one attached hydrogen (secondary N) is 1. The minimum absolute atomic E-state index is 0.0514. The number of carbonyl (C=O) groups is 1. The molecule has 18 heavy (non-hydrogen) atoms. The molecule has 0 radical (unpaired) electrons. The van der Waals surface area contributed by atoms with Gasteiger partial charge in [0.15, 0.2) is 0 Å². The number of alkyl halides is 3. The van der Waals surface area contributed by atoms with Crippen LogP contribution in [-0.2, 0) is 17.4 Å². The van der Waals surface area contributed by atoms with Crippen LogP contribution in [0.25, 0.3) is 0 Å². The molecule has 0 saturated heterocycles. The second-order valence-electron chi connectivity index (χ2n) is 3.79. The van der Waals surface area contributed by atoms with Crippen molar-refractivity contribution in [1.29, 1.82) is 5.26 Å². The third kappa shape index (κ3) is 4.09. The molecule has 0 saturated carbocycles. The highest BCUT2D eigenvalue weighted by molar-refractivity contribution is 5.79. The van der Waals surface area contributed by atoms with E-state index in [1.807, 2.05) is 6.07 Å². The summed E-state index contributed by atoms with van der Waals surface area (Å²) in [7, 11) is 0. The molecule has 0 fully saturated rings. The fraction of sp³-hybridized carbons (Fsp3) is 0.333. The average Bonchev–Trinajstić information content (AvgIpc) is 2.28. The molecule has 3 nitrogen and oxygen atoms in total. The van der Waals surface area contributed by atoms with Gasteiger partial charge in [-0.15, -0.1) is 0 Å². The summed E-state index contributed by atoms with van der Waals surface area (Å²) in [5.41, 5.74) is -0.289. The Labute approximate surface area is 102 Å². The van der Waals surface area contributed by atoms with E-state index in [9.17, 15) is 18.0 Å². The van der Waals surface area contributed by atoms with Crippen LogP contribution in [0, 0.1) is 11.3 Å². The highest BCUT2D eigenvalue weighted by atomic mass is 19.4. The Bertz CT molecular complexity index is 460. The fourth-order valence-electron chi connectivity index (χ4n) is 1.32. The molecule has 1 N–H and O–H groups in total. The van der Waals surface area contributed by atoms with Gasteiger partial charge in [-0.1, -0.05) is 12.1 Å². The average molecular weight is 256 g/mol. The standard InChI is InChI=1S/C12H11F3N2O/c1-8(7-16)17-11(18)6-9-2-4-10(5-3-9)12(13,14)15/h2-5,8H,6H2,1H3,(H,17,18). The number of rotatable bonds is 3. The molecular formula is C12H11F3N2O. The van der Waals surface area contributed by atoms with Crippen LogP contribution in [0.15, 0.2) is 24.3 Å². The molecule has 1 unspecified atom stereocenters. The third-order valence-electron chi connectivity index (χ3n) is 2.22. The highest BCUT2D eigenvalue weighted by Crippen LogP contribution is 2.29. The Hall–Kier alpha value is -2.03. The minimum Gasteiger partial charge on any atom is -0.340 e. The van der Waals surface area contributed by atoms with E-state index in [4.69, 9.17) is 5.26 Å². The van der Waals surface area contributed by atoms with Crippen molar-refractivity contribution < 1.29 is 18.0 Å². The summed E-state index contributed by atoms with van der Waals surface area (Å²) in [6.45, 7) is 1.52. The Morgan fingerprint density at radius 3 is 2.39 bits per heavy atom. The van der Waals surface area contributed by atoms with Crippen molar-refractivity contribution in [1.82, 2.24) is 5.32 Å². The van der Waals surface area contributed by atoms with Crippen LogP contribution in [0.3, 0.4) is 0 Å². The molecule has 1 rings (SSSR count). The van der Waals surface area contributed by atoms with E-state index in [0.717, 1.165) is 12.1 Å². The molecule has 96 valence electrons. The first-order valence-electron chi connectivity index (χ1n) is 5.18. The predicted molar refractivity (Wildman–Crippen MR) is 58.4 cm³/mol. The predicted octanol–water partition coefficient (Wildman–Crippen LogP) is 2.28. The lowest BCUT2D eigenvalue weighted by molar-refractivity contribution is -0.137. The molecular weight excluding hydrogens is 245 g/mol. The molecule has 1 aromatic rings. The van der Waals surface area contributed by atoms with Crippen LogP contribution in [0.1, 0.15) is 18.1 Å². The Balaban J connectivity index is 2.65. The summed E-state index contributed by atoms with van der Waals surface area (Å²) >= 11 is 0. The van der Waals surface area contributed by atoms with Gasteiger partial charge < -0.3 is 5.32 Å². The number of nitrogens with zero attached hydrogens (tertiary/aromatic N) is 1. The van der Waals surface area contributed by atoms with Gasteiger partial charge in [0.05, 0.1) is 18.1 Å². The summed E-state index contributed by atoms with van der Waals surface area (Å²) < 4.78 is 36.9. The minimum atomic E-state index is -4.38. The third-order valence-corrected chi connectivity index (χ3v) is 2.22. The zero-order chi connectivity index (χ0) is 13.8. The van der Waals surface area contributed by atoms with E-state index >= 15 is 0 Å². The van der Waals surface area contributed by atoms with Gasteiger partial charge in [0.25, 0.3) is 0 Å². The normalized spacial score (nSPS) is 12.6. The van der Waals surface area contributed by atoms with Crippen LogP contribution in [0.5, 0.6) is 0 Å². The molecule has 0 aliphatic rings. The van der Waals surface area contributed by atoms with Gasteiger partial charge in [0.1, 0.15) is 6.04 Å². The van der Waals surface area contributed by atoms with Crippen molar-refractivity contribution in [3.05, 3.63) is 35.4 Å². The van der Waals surface area contributed by atoms with Crippen molar-refractivity contribution in [2.45, 2.75) is 25.6 Å². The van der Waals surface area contributed by atoms with E-state index in [2.05, 4.69) is 5.32 Å². The van der Waals surface area contributed by atoms with Crippen LogP contribution >= 0.6 is 0 Å². The van der Waals surface area contributed by atoms with Gasteiger partial charge in [0.2, 0.25) is 5.91 Å². The van der Waals surface area contributed by atoms with Crippen LogP contribution in [0.4, 0.5) is 13.2 Å². The number of carbonyl (C=O) groups excluding carboxylic acids is 1. The Morgan fingerprint density at radius 1 is 1.39 bits per heavy atom. The number of nitriles is 1. The molecule has 1 amide bonds. The fourth-order valence-corrected chi connectivity index (χ4v) is 1.32. The molecule has 0 bridgehead atoms. The lowest BCUT2D eigenvalue weighted by atomic mass is 10.1. The van der Waals surface area contributed by atoms with E-state index in [-0.39, 0.29) is 6.42 Å². The second-order valence-corrected chi connectivity index (χ2v) is 3.79. The maximum Gasteiger partial charge on any atom is 0.416 e. The number of hydrogen-bond acceptors (Lipinski definition) is 2. The van der Waals surface area contributed by atoms with Crippen molar-refractivity contribution >= 4 is 5.91 Å². The first kappa shape index (κ1) is 14.0. The smallest absolute Gasteiger partial charge is 0.340 e. The lowest BCUT2D eigenvalue weighted by Gasteiger charge is -2.08. The van der Waals surface area contributed by atoms with Gasteiger partial charge in [-0.2, -0.15) is 18.4 Å². The van der Waals surface area contributed by atoms with E-state index < -0.39 is 23.7 Å². The van der Waals surface area contributed by atoms with Crippen LogP contribution in [0.2, 0.25) is 0 Å². The molecule has 6 heteroatoms. The second kappa shape index (κ2) is 5.54. The summed E-state index contributed by atoms with van der Waals surface area (Å²) in [4.78, 5) is 11.4. The van der Waals surface area contributed by atoms with Crippen LogP contribution in [-0.4, -0.2) is 11.9 Å². The van der Waals surface area contributed by atoms with E-state index in [1.165, 1.54) is 19.1 Å². The first-order chi connectivity index (χ1) is 8.32. The molecule has 0 aliphatic heterocycles. The van der Waals surface area contributed by atoms with Crippen molar-refractivity contribution in [2.75, 3.05) is 0 Å². The Morgan fingerprint density at radius 2 is 1.94 bits per heavy atom. The number of halogens is 3. The number of hydrogen-bond donors (Lipinski definition) is 1. The monoisotopic (exact) mass is 256 g/mol. The molecule has 0 heterocycles. The maximum atomic E-state index is 12.3. The van der Waals surface area contributed by atoms with Crippen molar-refractivity contribution in [2.24, 2.45) is 0 Å². The number of amides is 1. The molecule has 1 aromatic carbocycles. The topological polar surface area (TPSA) is 52.9 Å². The van der Waals surface area contributed by atoms with E-state index in [1.54, 1.807) is 0 Å². The Kier molecular flexibility index (Phi) is 4.32. The largest absolute Gasteiger partial charge is 0.416 e. The zero-order valence-electron chi connectivity index (χ0n) is 9.58.